The lowest BCUT2D eigenvalue weighted by molar-refractivity contribution is -0.155. The largest absolute Gasteiger partial charge is 0.493 e. The molecular formula is C23H28N2O7. The SMILES string of the molecule is CC(C)(C)OC(=O)CCCCCOc1cccc2c1C(=O)N(C1CCC(=O)NC1=O)C2=O. The fraction of sp³-hybridized carbons (Fsp3) is 0.522. The molecule has 0 saturated carbocycles. The van der Waals surface area contributed by atoms with E-state index in [1.54, 1.807) is 12.1 Å². The lowest BCUT2D eigenvalue weighted by atomic mass is 10.0. The highest BCUT2D eigenvalue weighted by Crippen LogP contribution is 2.33. The Bertz CT molecular complexity index is 948. The van der Waals surface area contributed by atoms with Crippen LogP contribution in [-0.4, -0.2) is 52.7 Å². The van der Waals surface area contributed by atoms with E-state index in [1.165, 1.54) is 6.07 Å². The predicted molar refractivity (Wildman–Crippen MR) is 113 cm³/mol. The van der Waals surface area contributed by atoms with E-state index < -0.39 is 35.3 Å². The van der Waals surface area contributed by atoms with Gasteiger partial charge in [-0.15, -0.1) is 0 Å². The van der Waals surface area contributed by atoms with Gasteiger partial charge in [-0.2, -0.15) is 0 Å². The van der Waals surface area contributed by atoms with Gasteiger partial charge < -0.3 is 9.47 Å². The van der Waals surface area contributed by atoms with Gasteiger partial charge >= 0.3 is 5.97 Å². The molecule has 3 rings (SSSR count). The Morgan fingerprint density at radius 3 is 2.53 bits per heavy atom. The number of carbonyl (C=O) groups excluding carboxylic acids is 5. The number of piperidine rings is 1. The summed E-state index contributed by atoms with van der Waals surface area (Å²) in [6, 6.07) is 3.74. The molecule has 1 fully saturated rings. The van der Waals surface area contributed by atoms with Gasteiger partial charge in [0.25, 0.3) is 11.8 Å². The molecule has 9 heteroatoms. The van der Waals surface area contributed by atoms with Crippen LogP contribution in [0.1, 0.15) is 80.0 Å². The van der Waals surface area contributed by atoms with Crippen molar-refractivity contribution in [3.05, 3.63) is 29.3 Å². The molecular weight excluding hydrogens is 416 g/mol. The molecule has 2 aliphatic rings. The van der Waals surface area contributed by atoms with E-state index in [-0.39, 0.29) is 35.7 Å². The van der Waals surface area contributed by atoms with Crippen molar-refractivity contribution >= 4 is 29.6 Å². The van der Waals surface area contributed by atoms with E-state index >= 15 is 0 Å². The average Bonchev–Trinajstić information content (AvgIpc) is 2.95. The number of hydrogen-bond acceptors (Lipinski definition) is 7. The van der Waals surface area contributed by atoms with Gasteiger partial charge in [-0.25, -0.2) is 0 Å². The zero-order valence-corrected chi connectivity index (χ0v) is 18.6. The van der Waals surface area contributed by atoms with Crippen LogP contribution < -0.4 is 10.1 Å². The second-order valence-electron chi connectivity index (χ2n) is 8.87. The van der Waals surface area contributed by atoms with E-state index in [0.29, 0.717) is 25.9 Å². The van der Waals surface area contributed by atoms with E-state index in [4.69, 9.17) is 9.47 Å². The molecule has 0 spiro atoms. The molecule has 1 atom stereocenters. The van der Waals surface area contributed by atoms with Crippen molar-refractivity contribution in [3.63, 3.8) is 0 Å². The summed E-state index contributed by atoms with van der Waals surface area (Å²) in [5, 5.41) is 2.17. The Kier molecular flexibility index (Phi) is 6.96. The van der Waals surface area contributed by atoms with Crippen LogP contribution in [0, 0.1) is 0 Å². The highest BCUT2D eigenvalue weighted by molar-refractivity contribution is 6.24. The van der Waals surface area contributed by atoms with Gasteiger partial charge in [-0.1, -0.05) is 6.07 Å². The number of amides is 4. The second kappa shape index (κ2) is 9.50. The minimum Gasteiger partial charge on any atom is -0.493 e. The summed E-state index contributed by atoms with van der Waals surface area (Å²) >= 11 is 0. The number of ether oxygens (including phenoxy) is 2. The molecule has 9 nitrogen and oxygen atoms in total. The highest BCUT2D eigenvalue weighted by Gasteiger charge is 2.45. The van der Waals surface area contributed by atoms with Gasteiger partial charge in [-0.3, -0.25) is 34.2 Å². The first-order chi connectivity index (χ1) is 15.1. The summed E-state index contributed by atoms with van der Waals surface area (Å²) in [5.41, 5.74) is -0.183. The van der Waals surface area contributed by atoms with Gasteiger partial charge in [0.05, 0.1) is 17.7 Å². The van der Waals surface area contributed by atoms with Crippen molar-refractivity contribution in [2.75, 3.05) is 6.61 Å². The zero-order valence-electron chi connectivity index (χ0n) is 18.6. The van der Waals surface area contributed by atoms with Gasteiger partial charge in [0.2, 0.25) is 11.8 Å². The van der Waals surface area contributed by atoms with Crippen LogP contribution in [0.5, 0.6) is 5.75 Å². The second-order valence-corrected chi connectivity index (χ2v) is 8.87. The number of nitrogens with one attached hydrogen (secondary N) is 1. The van der Waals surface area contributed by atoms with Crippen LogP contribution >= 0.6 is 0 Å². The maximum absolute atomic E-state index is 13.0. The number of hydrogen-bond donors (Lipinski definition) is 1. The maximum atomic E-state index is 13.0. The molecule has 0 aliphatic carbocycles. The molecule has 1 unspecified atom stereocenters. The first kappa shape index (κ1) is 23.4. The number of benzene rings is 1. The first-order valence-corrected chi connectivity index (χ1v) is 10.8. The minimum atomic E-state index is -1.01. The third-order valence-corrected chi connectivity index (χ3v) is 5.13. The molecule has 2 heterocycles. The van der Waals surface area contributed by atoms with Crippen molar-refractivity contribution in [3.8, 4) is 5.75 Å². The predicted octanol–water partition coefficient (Wildman–Crippen LogP) is 2.37. The van der Waals surface area contributed by atoms with Crippen molar-refractivity contribution in [2.45, 2.75) is 70.9 Å². The molecule has 1 aromatic carbocycles. The maximum Gasteiger partial charge on any atom is 0.306 e. The molecule has 2 aliphatic heterocycles. The average molecular weight is 444 g/mol. The quantitative estimate of drug-likeness (QED) is 0.371. The number of unbranched alkanes of at least 4 members (excludes halogenated alkanes) is 2. The molecule has 172 valence electrons. The first-order valence-electron chi connectivity index (χ1n) is 10.8. The fourth-order valence-electron chi connectivity index (χ4n) is 3.73. The van der Waals surface area contributed by atoms with Gasteiger partial charge in [0.15, 0.2) is 0 Å². The Labute approximate surface area is 186 Å². The summed E-state index contributed by atoms with van der Waals surface area (Å²) in [6.45, 7) is 5.78. The summed E-state index contributed by atoms with van der Waals surface area (Å²) < 4.78 is 11.0. The molecule has 0 radical (unpaired) electrons. The molecule has 1 aromatic rings. The number of imide groups is 2. The minimum absolute atomic E-state index is 0.0659. The van der Waals surface area contributed by atoms with Crippen LogP contribution in [0.2, 0.25) is 0 Å². The third kappa shape index (κ3) is 5.33. The lowest BCUT2D eigenvalue weighted by Crippen LogP contribution is -2.54. The monoisotopic (exact) mass is 444 g/mol. The van der Waals surface area contributed by atoms with E-state index in [1.807, 2.05) is 20.8 Å². The van der Waals surface area contributed by atoms with Crippen molar-refractivity contribution in [1.82, 2.24) is 10.2 Å². The van der Waals surface area contributed by atoms with E-state index in [2.05, 4.69) is 5.32 Å². The molecule has 1 N–H and O–H groups in total. The Hall–Kier alpha value is -3.23. The molecule has 4 amide bonds. The standard InChI is InChI=1S/C23H28N2O7/c1-23(2,3)32-18(27)10-5-4-6-13-31-16-9-7-8-14-19(16)22(30)25(21(14)29)15-11-12-17(26)24-20(15)28/h7-9,15H,4-6,10-13H2,1-3H3,(H,24,26,28). The fourth-order valence-corrected chi connectivity index (χ4v) is 3.73. The third-order valence-electron chi connectivity index (χ3n) is 5.13. The molecule has 0 bridgehead atoms. The zero-order chi connectivity index (χ0) is 23.5. The summed E-state index contributed by atoms with van der Waals surface area (Å²) in [4.78, 5) is 62.0. The Balaban J connectivity index is 1.55. The number of fused-ring (bicyclic) bond motifs is 1. The lowest BCUT2D eigenvalue weighted by Gasteiger charge is -2.27. The van der Waals surface area contributed by atoms with Crippen LogP contribution in [-0.2, 0) is 19.1 Å². The van der Waals surface area contributed by atoms with Gasteiger partial charge in [0, 0.05) is 12.8 Å². The van der Waals surface area contributed by atoms with E-state index in [0.717, 1.165) is 11.3 Å². The molecule has 32 heavy (non-hydrogen) atoms. The Morgan fingerprint density at radius 1 is 1.09 bits per heavy atom. The van der Waals surface area contributed by atoms with Gasteiger partial charge in [-0.05, 0) is 58.6 Å². The summed E-state index contributed by atoms with van der Waals surface area (Å²) in [7, 11) is 0. The summed E-state index contributed by atoms with van der Waals surface area (Å²) in [6.07, 6.45) is 2.55. The van der Waals surface area contributed by atoms with Crippen molar-refractivity contribution in [1.29, 1.82) is 0 Å². The normalized spacial score (nSPS) is 18.5. The summed E-state index contributed by atoms with van der Waals surface area (Å²) in [5.74, 6) is -2.19. The van der Waals surface area contributed by atoms with Crippen LogP contribution in [0.15, 0.2) is 18.2 Å². The topological polar surface area (TPSA) is 119 Å². The Morgan fingerprint density at radius 2 is 1.84 bits per heavy atom. The van der Waals surface area contributed by atoms with Crippen LogP contribution in [0.4, 0.5) is 0 Å². The van der Waals surface area contributed by atoms with Crippen molar-refractivity contribution in [2.24, 2.45) is 0 Å². The number of rotatable bonds is 8. The number of esters is 1. The smallest absolute Gasteiger partial charge is 0.306 e. The molecule has 1 saturated heterocycles. The van der Waals surface area contributed by atoms with Gasteiger partial charge in [0.1, 0.15) is 17.4 Å². The van der Waals surface area contributed by atoms with E-state index in [9.17, 15) is 24.0 Å². The van der Waals surface area contributed by atoms with Crippen molar-refractivity contribution < 1.29 is 33.4 Å². The number of carbonyl (C=O) groups is 5. The molecule has 0 aromatic heterocycles. The van der Waals surface area contributed by atoms with Crippen LogP contribution in [0.25, 0.3) is 0 Å². The van der Waals surface area contributed by atoms with Crippen LogP contribution in [0.3, 0.4) is 0 Å². The highest BCUT2D eigenvalue weighted by atomic mass is 16.6. The number of nitrogens with zero attached hydrogens (tertiary/aromatic N) is 1.